The quantitative estimate of drug-likeness (QED) is 0.717. The zero-order chi connectivity index (χ0) is 18.1. The standard InChI is InChI=1S/C20H19N3O2S/c1-2-14-10-19(25)23-15(12-26-20(23)21-14)11-18(24)22-17-9-5-7-13-6-3-4-8-16(13)17/h3-10,15H,2,11-12H2,1H3,(H,22,24). The summed E-state index contributed by atoms with van der Waals surface area (Å²) in [6.07, 6.45) is 0.992. The minimum absolute atomic E-state index is 0.0696. The molecule has 1 atom stereocenters. The fourth-order valence-corrected chi connectivity index (χ4v) is 4.45. The van der Waals surface area contributed by atoms with Crippen LogP contribution in [0.3, 0.4) is 0 Å². The number of hydrogen-bond acceptors (Lipinski definition) is 4. The molecule has 1 N–H and O–H groups in total. The van der Waals surface area contributed by atoms with Crippen LogP contribution in [0.15, 0.2) is 58.5 Å². The number of thioether (sulfide) groups is 1. The van der Waals surface area contributed by atoms with Crippen LogP contribution < -0.4 is 10.9 Å². The number of nitrogens with one attached hydrogen (secondary N) is 1. The van der Waals surface area contributed by atoms with Gasteiger partial charge in [0.25, 0.3) is 5.56 Å². The topological polar surface area (TPSA) is 64.0 Å². The van der Waals surface area contributed by atoms with Crippen molar-refractivity contribution in [3.63, 3.8) is 0 Å². The lowest BCUT2D eigenvalue weighted by molar-refractivity contribution is -0.116. The van der Waals surface area contributed by atoms with Gasteiger partial charge in [-0.15, -0.1) is 0 Å². The molecule has 26 heavy (non-hydrogen) atoms. The van der Waals surface area contributed by atoms with Gasteiger partial charge in [-0.2, -0.15) is 0 Å². The van der Waals surface area contributed by atoms with E-state index in [0.29, 0.717) is 5.75 Å². The van der Waals surface area contributed by atoms with E-state index in [2.05, 4.69) is 10.3 Å². The molecule has 0 saturated carbocycles. The molecular weight excluding hydrogens is 346 g/mol. The van der Waals surface area contributed by atoms with Crippen molar-refractivity contribution < 1.29 is 4.79 Å². The van der Waals surface area contributed by atoms with Crippen molar-refractivity contribution in [3.05, 3.63) is 64.6 Å². The van der Waals surface area contributed by atoms with E-state index in [1.165, 1.54) is 0 Å². The largest absolute Gasteiger partial charge is 0.325 e. The monoisotopic (exact) mass is 365 g/mol. The first-order valence-electron chi connectivity index (χ1n) is 8.68. The fourth-order valence-electron chi connectivity index (χ4n) is 3.28. The van der Waals surface area contributed by atoms with Gasteiger partial charge in [-0.25, -0.2) is 4.98 Å². The van der Waals surface area contributed by atoms with E-state index in [9.17, 15) is 9.59 Å². The summed E-state index contributed by atoms with van der Waals surface area (Å²) in [6.45, 7) is 1.98. The molecule has 132 valence electrons. The summed E-state index contributed by atoms with van der Waals surface area (Å²) in [5.41, 5.74) is 1.53. The first-order valence-corrected chi connectivity index (χ1v) is 9.67. The summed E-state index contributed by atoms with van der Waals surface area (Å²) in [6, 6.07) is 15.2. The van der Waals surface area contributed by atoms with Gasteiger partial charge in [-0.05, 0) is 17.9 Å². The van der Waals surface area contributed by atoms with Crippen LogP contribution in [0, 0.1) is 0 Å². The highest BCUT2D eigenvalue weighted by Gasteiger charge is 2.27. The summed E-state index contributed by atoms with van der Waals surface area (Å²) in [5.74, 6) is 0.601. The molecule has 2 aromatic carbocycles. The van der Waals surface area contributed by atoms with Crippen LogP contribution in [0.4, 0.5) is 5.69 Å². The summed E-state index contributed by atoms with van der Waals surface area (Å²) >= 11 is 1.54. The van der Waals surface area contributed by atoms with Gasteiger partial charge in [-0.3, -0.25) is 14.2 Å². The van der Waals surface area contributed by atoms with Crippen LogP contribution in [-0.4, -0.2) is 21.2 Å². The van der Waals surface area contributed by atoms with E-state index in [-0.39, 0.29) is 23.9 Å². The van der Waals surface area contributed by atoms with Crippen molar-refractivity contribution in [2.24, 2.45) is 0 Å². The number of aromatic nitrogens is 2. The molecule has 1 aromatic heterocycles. The number of carbonyl (C=O) groups is 1. The van der Waals surface area contributed by atoms with Gasteiger partial charge in [-0.1, -0.05) is 55.1 Å². The molecule has 3 aromatic rings. The Morgan fingerprint density at radius 2 is 2.08 bits per heavy atom. The van der Waals surface area contributed by atoms with Crippen molar-refractivity contribution >= 4 is 34.1 Å². The average molecular weight is 365 g/mol. The number of anilines is 1. The molecule has 0 aliphatic carbocycles. The predicted molar refractivity (Wildman–Crippen MR) is 105 cm³/mol. The molecule has 5 nitrogen and oxygen atoms in total. The Morgan fingerprint density at radius 3 is 2.92 bits per heavy atom. The predicted octanol–water partition coefficient (Wildman–Crippen LogP) is 3.63. The average Bonchev–Trinajstić information content (AvgIpc) is 3.05. The maximum atomic E-state index is 12.6. The molecule has 1 aliphatic rings. The number of rotatable bonds is 4. The molecule has 0 fully saturated rings. The molecular formula is C20H19N3O2S. The van der Waals surface area contributed by atoms with E-state index in [1.807, 2.05) is 49.4 Å². The minimum atomic E-state index is -0.157. The van der Waals surface area contributed by atoms with Crippen molar-refractivity contribution in [2.45, 2.75) is 31.0 Å². The van der Waals surface area contributed by atoms with Crippen LogP contribution in [0.25, 0.3) is 10.8 Å². The zero-order valence-corrected chi connectivity index (χ0v) is 15.3. The number of fused-ring (bicyclic) bond motifs is 2. The molecule has 4 rings (SSSR count). The Balaban J connectivity index is 1.55. The summed E-state index contributed by atoms with van der Waals surface area (Å²) in [4.78, 5) is 29.5. The lowest BCUT2D eigenvalue weighted by atomic mass is 10.1. The number of carbonyl (C=O) groups excluding carboxylic acids is 1. The van der Waals surface area contributed by atoms with Gasteiger partial charge in [0.2, 0.25) is 5.91 Å². The Morgan fingerprint density at radius 1 is 1.27 bits per heavy atom. The minimum Gasteiger partial charge on any atom is -0.325 e. The Kier molecular flexibility index (Phi) is 4.51. The Labute approximate surface area is 155 Å². The van der Waals surface area contributed by atoms with Crippen molar-refractivity contribution in [3.8, 4) is 0 Å². The number of benzene rings is 2. The molecule has 1 aliphatic heterocycles. The Hall–Kier alpha value is -2.60. The van der Waals surface area contributed by atoms with Crippen LogP contribution in [0.5, 0.6) is 0 Å². The lowest BCUT2D eigenvalue weighted by Crippen LogP contribution is -2.27. The van der Waals surface area contributed by atoms with E-state index in [0.717, 1.165) is 33.7 Å². The normalized spacial score (nSPS) is 15.8. The first-order chi connectivity index (χ1) is 12.7. The SMILES string of the molecule is CCc1cc(=O)n2c(n1)SCC2CC(=O)Nc1cccc2ccccc12. The van der Waals surface area contributed by atoms with E-state index >= 15 is 0 Å². The molecule has 6 heteroatoms. The number of amides is 1. The van der Waals surface area contributed by atoms with E-state index < -0.39 is 0 Å². The summed E-state index contributed by atoms with van der Waals surface area (Å²) in [7, 11) is 0. The molecule has 1 amide bonds. The Bertz CT molecular complexity index is 1040. The third-order valence-electron chi connectivity index (χ3n) is 4.59. The number of nitrogens with zero attached hydrogens (tertiary/aromatic N) is 2. The van der Waals surface area contributed by atoms with Gasteiger partial charge in [0.1, 0.15) is 0 Å². The van der Waals surface area contributed by atoms with Gasteiger partial charge in [0.15, 0.2) is 5.16 Å². The maximum Gasteiger partial charge on any atom is 0.254 e. The van der Waals surface area contributed by atoms with Crippen LogP contribution >= 0.6 is 11.8 Å². The second-order valence-corrected chi connectivity index (χ2v) is 7.32. The van der Waals surface area contributed by atoms with Crippen LogP contribution in [-0.2, 0) is 11.2 Å². The van der Waals surface area contributed by atoms with Gasteiger partial charge in [0, 0.05) is 35.0 Å². The maximum absolute atomic E-state index is 12.6. The fraction of sp³-hybridized carbons (Fsp3) is 0.250. The second kappa shape index (κ2) is 6.96. The lowest BCUT2D eigenvalue weighted by Gasteiger charge is -2.14. The van der Waals surface area contributed by atoms with Gasteiger partial charge in [0.05, 0.1) is 6.04 Å². The molecule has 2 heterocycles. The molecule has 0 bridgehead atoms. The summed E-state index contributed by atoms with van der Waals surface area (Å²) < 4.78 is 1.66. The highest BCUT2D eigenvalue weighted by Crippen LogP contribution is 2.32. The highest BCUT2D eigenvalue weighted by atomic mass is 32.2. The smallest absolute Gasteiger partial charge is 0.254 e. The molecule has 0 spiro atoms. The van der Waals surface area contributed by atoms with E-state index in [1.54, 1.807) is 22.4 Å². The third kappa shape index (κ3) is 3.12. The van der Waals surface area contributed by atoms with Crippen LogP contribution in [0.2, 0.25) is 0 Å². The van der Waals surface area contributed by atoms with Crippen molar-refractivity contribution in [2.75, 3.05) is 11.1 Å². The summed E-state index contributed by atoms with van der Waals surface area (Å²) in [5, 5.41) is 5.81. The van der Waals surface area contributed by atoms with Crippen molar-refractivity contribution in [1.82, 2.24) is 9.55 Å². The van der Waals surface area contributed by atoms with Gasteiger partial charge < -0.3 is 5.32 Å². The van der Waals surface area contributed by atoms with Gasteiger partial charge >= 0.3 is 0 Å². The molecule has 0 saturated heterocycles. The number of hydrogen-bond donors (Lipinski definition) is 1. The first kappa shape index (κ1) is 16.8. The second-order valence-electron chi connectivity index (χ2n) is 6.34. The third-order valence-corrected chi connectivity index (χ3v) is 5.69. The number of aryl methyl sites for hydroxylation is 1. The van der Waals surface area contributed by atoms with Crippen molar-refractivity contribution in [1.29, 1.82) is 0 Å². The molecule has 1 unspecified atom stereocenters. The zero-order valence-electron chi connectivity index (χ0n) is 14.4. The van der Waals surface area contributed by atoms with Crippen LogP contribution in [0.1, 0.15) is 25.1 Å². The molecule has 0 radical (unpaired) electrons. The highest BCUT2D eigenvalue weighted by molar-refractivity contribution is 7.99. The van der Waals surface area contributed by atoms with E-state index in [4.69, 9.17) is 0 Å².